The summed E-state index contributed by atoms with van der Waals surface area (Å²) >= 11 is 0. The minimum absolute atomic E-state index is 0.00717. The van der Waals surface area contributed by atoms with Gasteiger partial charge < -0.3 is 20.3 Å². The standard InChI is InChI=1S/C21H31N3O3/c1-3-16-6-4-5-7-18(16)24-13-17(12-19(24)25)20(26)23-14-21(15-27-2)8-10-22-11-9-21/h4-7,17,22H,3,8-15H2,1-2H3,(H,23,26). The molecule has 0 spiro atoms. The van der Waals surface area contributed by atoms with Gasteiger partial charge in [-0.2, -0.15) is 0 Å². The zero-order chi connectivity index (χ0) is 19.3. The number of anilines is 1. The lowest BCUT2D eigenvalue weighted by molar-refractivity contribution is -0.127. The number of carbonyl (C=O) groups excluding carboxylic acids is 2. The van der Waals surface area contributed by atoms with Gasteiger partial charge in [0.05, 0.1) is 12.5 Å². The van der Waals surface area contributed by atoms with Gasteiger partial charge in [0.1, 0.15) is 0 Å². The van der Waals surface area contributed by atoms with Gasteiger partial charge in [-0.25, -0.2) is 0 Å². The number of aryl methyl sites for hydroxylation is 1. The van der Waals surface area contributed by atoms with E-state index >= 15 is 0 Å². The number of ether oxygens (including phenoxy) is 1. The van der Waals surface area contributed by atoms with Crippen molar-refractivity contribution in [3.63, 3.8) is 0 Å². The van der Waals surface area contributed by atoms with Crippen LogP contribution in [0.25, 0.3) is 0 Å². The average molecular weight is 373 g/mol. The van der Waals surface area contributed by atoms with Crippen LogP contribution in [0.2, 0.25) is 0 Å². The van der Waals surface area contributed by atoms with Crippen molar-refractivity contribution in [2.45, 2.75) is 32.6 Å². The van der Waals surface area contributed by atoms with Crippen molar-refractivity contribution in [1.29, 1.82) is 0 Å². The summed E-state index contributed by atoms with van der Waals surface area (Å²) in [4.78, 5) is 27.1. The van der Waals surface area contributed by atoms with Crippen LogP contribution in [0.1, 0.15) is 31.7 Å². The molecule has 2 heterocycles. The van der Waals surface area contributed by atoms with Gasteiger partial charge in [-0.15, -0.1) is 0 Å². The summed E-state index contributed by atoms with van der Waals surface area (Å²) in [7, 11) is 1.71. The first-order valence-corrected chi connectivity index (χ1v) is 9.94. The molecule has 0 aromatic heterocycles. The maximum atomic E-state index is 12.8. The molecule has 0 aliphatic carbocycles. The third kappa shape index (κ3) is 4.50. The van der Waals surface area contributed by atoms with Crippen molar-refractivity contribution in [3.8, 4) is 0 Å². The second-order valence-corrected chi connectivity index (χ2v) is 7.79. The number of carbonyl (C=O) groups is 2. The van der Waals surface area contributed by atoms with Gasteiger partial charge in [0, 0.05) is 37.7 Å². The van der Waals surface area contributed by atoms with Crippen LogP contribution < -0.4 is 15.5 Å². The molecule has 2 aliphatic rings. The van der Waals surface area contributed by atoms with Gasteiger partial charge >= 0.3 is 0 Å². The van der Waals surface area contributed by atoms with Crippen molar-refractivity contribution in [2.75, 3.05) is 44.8 Å². The van der Waals surface area contributed by atoms with Gasteiger partial charge in [-0.1, -0.05) is 25.1 Å². The maximum Gasteiger partial charge on any atom is 0.227 e. The fourth-order valence-electron chi connectivity index (χ4n) is 4.24. The fraction of sp³-hybridized carbons (Fsp3) is 0.619. The summed E-state index contributed by atoms with van der Waals surface area (Å²) in [6, 6.07) is 7.95. The predicted molar refractivity (Wildman–Crippen MR) is 106 cm³/mol. The number of methoxy groups -OCH3 is 1. The molecule has 2 aliphatic heterocycles. The Hall–Kier alpha value is -1.92. The van der Waals surface area contributed by atoms with Crippen LogP contribution in [0.4, 0.5) is 5.69 Å². The molecule has 1 unspecified atom stereocenters. The summed E-state index contributed by atoms with van der Waals surface area (Å²) in [5.41, 5.74) is 2.07. The lowest BCUT2D eigenvalue weighted by Crippen LogP contribution is -2.48. The van der Waals surface area contributed by atoms with Gasteiger partial charge in [0.25, 0.3) is 0 Å². The summed E-state index contributed by atoms with van der Waals surface area (Å²) < 4.78 is 5.42. The van der Waals surface area contributed by atoms with Crippen LogP contribution in [0.3, 0.4) is 0 Å². The quantitative estimate of drug-likeness (QED) is 0.764. The molecule has 0 bridgehead atoms. The smallest absolute Gasteiger partial charge is 0.227 e. The first-order chi connectivity index (χ1) is 13.1. The van der Waals surface area contributed by atoms with E-state index in [2.05, 4.69) is 17.6 Å². The highest BCUT2D eigenvalue weighted by Crippen LogP contribution is 2.30. The molecule has 2 fully saturated rings. The summed E-state index contributed by atoms with van der Waals surface area (Å²) in [5, 5.41) is 6.48. The zero-order valence-electron chi connectivity index (χ0n) is 16.4. The van der Waals surface area contributed by atoms with Crippen molar-refractivity contribution >= 4 is 17.5 Å². The molecular formula is C21H31N3O3. The van der Waals surface area contributed by atoms with Crippen LogP contribution in [-0.2, 0) is 20.7 Å². The Morgan fingerprint density at radius 2 is 2.07 bits per heavy atom. The highest BCUT2D eigenvalue weighted by Gasteiger charge is 2.38. The second-order valence-electron chi connectivity index (χ2n) is 7.79. The van der Waals surface area contributed by atoms with Crippen LogP contribution in [0, 0.1) is 11.3 Å². The number of nitrogens with one attached hydrogen (secondary N) is 2. The van der Waals surface area contributed by atoms with Crippen molar-refractivity contribution in [2.24, 2.45) is 11.3 Å². The third-order valence-electron chi connectivity index (χ3n) is 5.91. The topological polar surface area (TPSA) is 70.7 Å². The van der Waals surface area contributed by atoms with Crippen LogP contribution in [0.15, 0.2) is 24.3 Å². The van der Waals surface area contributed by atoms with Crippen LogP contribution in [0.5, 0.6) is 0 Å². The lowest BCUT2D eigenvalue weighted by atomic mass is 9.79. The SMILES string of the molecule is CCc1ccccc1N1CC(C(=O)NCC2(COC)CCNCC2)CC1=O. The Balaban J connectivity index is 1.62. The Kier molecular flexibility index (Phi) is 6.50. The largest absolute Gasteiger partial charge is 0.384 e. The lowest BCUT2D eigenvalue weighted by Gasteiger charge is -2.37. The van der Waals surface area contributed by atoms with E-state index in [4.69, 9.17) is 4.74 Å². The highest BCUT2D eigenvalue weighted by atomic mass is 16.5. The molecule has 1 atom stereocenters. The van der Waals surface area contributed by atoms with E-state index in [9.17, 15) is 9.59 Å². The molecular weight excluding hydrogens is 342 g/mol. The first kappa shape index (κ1) is 19.8. The molecule has 1 aromatic rings. The Bertz CT molecular complexity index is 665. The van der Waals surface area contributed by atoms with E-state index in [0.29, 0.717) is 19.7 Å². The fourth-order valence-corrected chi connectivity index (χ4v) is 4.24. The molecule has 0 radical (unpaired) electrons. The minimum Gasteiger partial charge on any atom is -0.384 e. The molecule has 0 saturated carbocycles. The van der Waals surface area contributed by atoms with E-state index in [1.165, 1.54) is 0 Å². The predicted octanol–water partition coefficient (Wildman–Crippen LogP) is 1.73. The average Bonchev–Trinajstić information content (AvgIpc) is 3.08. The van der Waals surface area contributed by atoms with Crippen LogP contribution >= 0.6 is 0 Å². The second kappa shape index (κ2) is 8.85. The van der Waals surface area contributed by atoms with E-state index < -0.39 is 0 Å². The first-order valence-electron chi connectivity index (χ1n) is 9.94. The van der Waals surface area contributed by atoms with Gasteiger partial charge in [-0.3, -0.25) is 9.59 Å². The number of hydrogen-bond donors (Lipinski definition) is 2. The molecule has 27 heavy (non-hydrogen) atoms. The molecule has 6 nitrogen and oxygen atoms in total. The molecule has 2 amide bonds. The minimum atomic E-state index is -0.288. The zero-order valence-corrected chi connectivity index (χ0v) is 16.4. The maximum absolute atomic E-state index is 12.8. The van der Waals surface area contributed by atoms with E-state index in [-0.39, 0.29) is 29.6 Å². The molecule has 2 saturated heterocycles. The van der Waals surface area contributed by atoms with Crippen molar-refractivity contribution < 1.29 is 14.3 Å². The highest BCUT2D eigenvalue weighted by molar-refractivity contribution is 6.00. The van der Waals surface area contributed by atoms with Gasteiger partial charge in [-0.05, 0) is 44.0 Å². The number of nitrogens with zero attached hydrogens (tertiary/aromatic N) is 1. The number of amides is 2. The third-order valence-corrected chi connectivity index (χ3v) is 5.91. The van der Waals surface area contributed by atoms with Crippen molar-refractivity contribution in [1.82, 2.24) is 10.6 Å². The number of para-hydroxylation sites is 1. The molecule has 6 heteroatoms. The Morgan fingerprint density at radius 3 is 2.78 bits per heavy atom. The van der Waals surface area contributed by atoms with Gasteiger partial charge in [0.15, 0.2) is 0 Å². The van der Waals surface area contributed by atoms with E-state index in [0.717, 1.165) is 43.6 Å². The molecule has 2 N–H and O–H groups in total. The summed E-state index contributed by atoms with van der Waals surface area (Å²) in [6.07, 6.45) is 3.12. The number of piperidine rings is 1. The summed E-state index contributed by atoms with van der Waals surface area (Å²) in [6.45, 7) is 5.69. The number of rotatable bonds is 7. The van der Waals surface area contributed by atoms with Crippen LogP contribution in [-0.4, -0.2) is 51.7 Å². The normalized spacial score (nSPS) is 22.1. The Labute approximate surface area is 161 Å². The van der Waals surface area contributed by atoms with Gasteiger partial charge in [0.2, 0.25) is 11.8 Å². The van der Waals surface area contributed by atoms with Crippen molar-refractivity contribution in [3.05, 3.63) is 29.8 Å². The molecule has 148 valence electrons. The number of hydrogen-bond acceptors (Lipinski definition) is 4. The van der Waals surface area contributed by atoms with E-state index in [1.54, 1.807) is 12.0 Å². The molecule has 3 rings (SSSR count). The molecule has 1 aromatic carbocycles. The van der Waals surface area contributed by atoms with E-state index in [1.807, 2.05) is 24.3 Å². The Morgan fingerprint density at radius 1 is 1.33 bits per heavy atom. The number of benzene rings is 1. The monoisotopic (exact) mass is 373 g/mol. The summed E-state index contributed by atoms with van der Waals surface area (Å²) in [5.74, 6) is -0.276.